The first kappa shape index (κ1) is 18.3. The zero-order valence-corrected chi connectivity index (χ0v) is 16.9. The van der Waals surface area contributed by atoms with Gasteiger partial charge in [-0.25, -0.2) is 4.79 Å². The number of hydrogen-bond acceptors (Lipinski definition) is 7. The molecule has 0 amide bonds. The van der Waals surface area contributed by atoms with E-state index in [1.807, 2.05) is 36.4 Å². The third kappa shape index (κ3) is 2.80. The molecular weight excluding hydrogens is 400 g/mol. The molecule has 0 aromatic heterocycles. The average Bonchev–Trinajstić information content (AvgIpc) is 3.51. The number of esters is 1. The number of cyclic esters (lactones) is 1. The number of carbonyl (C=O) groups excluding carboxylic acids is 1. The summed E-state index contributed by atoms with van der Waals surface area (Å²) in [6, 6.07) is 11.4. The third-order valence-corrected chi connectivity index (χ3v) is 5.78. The van der Waals surface area contributed by atoms with E-state index in [4.69, 9.17) is 28.4 Å². The van der Waals surface area contributed by atoms with Crippen molar-refractivity contribution >= 4 is 16.7 Å². The molecular formula is C24H20O7. The van der Waals surface area contributed by atoms with Gasteiger partial charge in [-0.05, 0) is 41.6 Å². The van der Waals surface area contributed by atoms with Gasteiger partial charge in [0.25, 0.3) is 0 Å². The maximum atomic E-state index is 12.8. The highest BCUT2D eigenvalue weighted by molar-refractivity contribution is 6.10. The molecule has 0 spiro atoms. The second-order valence-corrected chi connectivity index (χ2v) is 7.64. The molecule has 0 bridgehead atoms. The molecule has 6 rings (SSSR count). The van der Waals surface area contributed by atoms with Crippen molar-refractivity contribution in [2.75, 3.05) is 20.2 Å². The van der Waals surface area contributed by atoms with E-state index >= 15 is 0 Å². The normalized spacial score (nSPS) is 17.8. The van der Waals surface area contributed by atoms with Gasteiger partial charge in [-0.1, -0.05) is 25.5 Å². The predicted octanol–water partition coefficient (Wildman–Crippen LogP) is 4.95. The fourth-order valence-corrected chi connectivity index (χ4v) is 4.31. The van der Waals surface area contributed by atoms with Gasteiger partial charge in [-0.15, -0.1) is 0 Å². The van der Waals surface area contributed by atoms with E-state index in [0.717, 1.165) is 34.7 Å². The molecule has 1 unspecified atom stereocenters. The molecule has 3 heterocycles. The van der Waals surface area contributed by atoms with E-state index in [1.54, 1.807) is 0 Å². The topological polar surface area (TPSA) is 72.5 Å². The maximum Gasteiger partial charge on any atom is 0.341 e. The molecule has 0 N–H and O–H groups in total. The van der Waals surface area contributed by atoms with Gasteiger partial charge in [-0.2, -0.15) is 0 Å². The fraction of sp³-hybridized carbons (Fsp3) is 0.292. The quantitative estimate of drug-likeness (QED) is 0.427. The molecule has 0 aliphatic carbocycles. The van der Waals surface area contributed by atoms with Crippen LogP contribution in [0.3, 0.4) is 0 Å². The Morgan fingerprint density at radius 2 is 1.77 bits per heavy atom. The summed E-state index contributed by atoms with van der Waals surface area (Å²) in [7, 11) is 0. The number of carbonyl (C=O) groups is 1. The summed E-state index contributed by atoms with van der Waals surface area (Å²) in [6.45, 7) is 2.92. The van der Waals surface area contributed by atoms with Crippen LogP contribution in [0.4, 0.5) is 0 Å². The lowest BCUT2D eigenvalue weighted by Gasteiger charge is -2.18. The second kappa shape index (κ2) is 7.06. The molecule has 3 aliphatic heterocycles. The first-order chi connectivity index (χ1) is 15.2. The Morgan fingerprint density at radius 1 is 0.968 bits per heavy atom. The van der Waals surface area contributed by atoms with E-state index in [-0.39, 0.29) is 13.6 Å². The van der Waals surface area contributed by atoms with Crippen LogP contribution in [-0.2, 0) is 9.47 Å². The highest BCUT2D eigenvalue weighted by Gasteiger charge is 2.37. The standard InChI is InChI=1S/C24H20O7/c1-2-3-8-26-24-21-15(23(25)31-24)9-13-5-7-17-22(30-12-28-17)20(13)19(21)14-4-6-16-18(10-14)29-11-27-16/h4-7,9-10,24H,2-3,8,11-12H2,1H3. The van der Waals surface area contributed by atoms with Gasteiger partial charge in [0.15, 0.2) is 23.0 Å². The van der Waals surface area contributed by atoms with Crippen molar-refractivity contribution in [1.82, 2.24) is 0 Å². The Kier molecular flexibility index (Phi) is 4.17. The first-order valence-electron chi connectivity index (χ1n) is 10.4. The number of fused-ring (bicyclic) bond motifs is 5. The van der Waals surface area contributed by atoms with Crippen molar-refractivity contribution in [1.29, 1.82) is 0 Å². The molecule has 31 heavy (non-hydrogen) atoms. The molecule has 158 valence electrons. The number of benzene rings is 3. The molecule has 0 fully saturated rings. The van der Waals surface area contributed by atoms with Crippen molar-refractivity contribution in [2.24, 2.45) is 0 Å². The van der Waals surface area contributed by atoms with Crippen LogP contribution in [-0.4, -0.2) is 26.2 Å². The van der Waals surface area contributed by atoms with Crippen LogP contribution < -0.4 is 18.9 Å². The first-order valence-corrected chi connectivity index (χ1v) is 10.4. The van der Waals surface area contributed by atoms with Gasteiger partial charge in [0.2, 0.25) is 19.9 Å². The Hall–Kier alpha value is -3.45. The van der Waals surface area contributed by atoms with Crippen LogP contribution in [0.2, 0.25) is 0 Å². The largest absolute Gasteiger partial charge is 0.454 e. The lowest BCUT2D eigenvalue weighted by molar-refractivity contribution is -0.104. The zero-order valence-electron chi connectivity index (χ0n) is 16.9. The molecule has 3 aliphatic rings. The number of ether oxygens (including phenoxy) is 6. The summed E-state index contributed by atoms with van der Waals surface area (Å²) in [5, 5.41) is 1.72. The third-order valence-electron chi connectivity index (χ3n) is 5.78. The maximum absolute atomic E-state index is 12.8. The van der Waals surface area contributed by atoms with Crippen molar-refractivity contribution in [3.63, 3.8) is 0 Å². The fourth-order valence-electron chi connectivity index (χ4n) is 4.31. The van der Waals surface area contributed by atoms with Gasteiger partial charge in [-0.3, -0.25) is 0 Å². The van der Waals surface area contributed by atoms with Gasteiger partial charge < -0.3 is 28.4 Å². The number of rotatable bonds is 5. The van der Waals surface area contributed by atoms with Crippen LogP contribution >= 0.6 is 0 Å². The van der Waals surface area contributed by atoms with Crippen LogP contribution in [0.5, 0.6) is 23.0 Å². The summed E-state index contributed by atoms with van der Waals surface area (Å²) >= 11 is 0. The summed E-state index contributed by atoms with van der Waals surface area (Å²) in [4.78, 5) is 12.8. The molecule has 3 aromatic rings. The van der Waals surface area contributed by atoms with Crippen LogP contribution in [0, 0.1) is 0 Å². The Labute approximate surface area is 178 Å². The van der Waals surface area contributed by atoms with Crippen molar-refractivity contribution < 1.29 is 33.2 Å². The lowest BCUT2D eigenvalue weighted by atomic mass is 9.89. The summed E-state index contributed by atoms with van der Waals surface area (Å²) in [5.41, 5.74) is 2.88. The van der Waals surface area contributed by atoms with E-state index in [2.05, 4.69) is 6.92 Å². The smallest absolute Gasteiger partial charge is 0.341 e. The lowest BCUT2D eigenvalue weighted by Crippen LogP contribution is -2.06. The molecule has 3 aromatic carbocycles. The predicted molar refractivity (Wildman–Crippen MR) is 111 cm³/mol. The van der Waals surface area contributed by atoms with Gasteiger partial charge in [0, 0.05) is 16.5 Å². The van der Waals surface area contributed by atoms with Crippen molar-refractivity contribution in [3.05, 3.63) is 47.5 Å². The van der Waals surface area contributed by atoms with E-state index < -0.39 is 12.3 Å². The molecule has 1 atom stereocenters. The van der Waals surface area contributed by atoms with Crippen molar-refractivity contribution in [2.45, 2.75) is 26.1 Å². The van der Waals surface area contributed by atoms with Crippen LogP contribution in [0.25, 0.3) is 21.9 Å². The zero-order chi connectivity index (χ0) is 20.9. The van der Waals surface area contributed by atoms with Gasteiger partial charge >= 0.3 is 5.97 Å². The average molecular weight is 420 g/mol. The minimum Gasteiger partial charge on any atom is -0.454 e. The van der Waals surface area contributed by atoms with Crippen LogP contribution in [0.15, 0.2) is 36.4 Å². The minimum absolute atomic E-state index is 0.151. The Bertz CT molecular complexity index is 1220. The molecule has 0 saturated carbocycles. The monoisotopic (exact) mass is 420 g/mol. The number of unbranched alkanes of at least 4 members (excludes halogenated alkanes) is 1. The molecule has 7 nitrogen and oxygen atoms in total. The highest BCUT2D eigenvalue weighted by Crippen LogP contribution is 2.51. The van der Waals surface area contributed by atoms with E-state index in [1.165, 1.54) is 0 Å². The highest BCUT2D eigenvalue weighted by atomic mass is 16.7. The molecule has 7 heteroatoms. The number of hydrogen-bond donors (Lipinski definition) is 0. The summed E-state index contributed by atoms with van der Waals surface area (Å²) in [6.07, 6.45) is 1.08. The molecule has 0 radical (unpaired) electrons. The SMILES string of the molecule is CCCCOC1OC(=O)c2cc3ccc4c(c3c(-c3ccc5c(c3)OCO5)c21)OCO4. The molecule has 0 saturated heterocycles. The second-order valence-electron chi connectivity index (χ2n) is 7.64. The minimum atomic E-state index is -0.781. The summed E-state index contributed by atoms with van der Waals surface area (Å²) < 4.78 is 34.2. The summed E-state index contributed by atoms with van der Waals surface area (Å²) in [5.74, 6) is 2.27. The van der Waals surface area contributed by atoms with Crippen LogP contribution in [0.1, 0.15) is 42.0 Å². The Morgan fingerprint density at radius 3 is 2.68 bits per heavy atom. The van der Waals surface area contributed by atoms with E-state index in [0.29, 0.717) is 40.7 Å². The van der Waals surface area contributed by atoms with Gasteiger partial charge in [0.05, 0.1) is 12.2 Å². The van der Waals surface area contributed by atoms with Crippen molar-refractivity contribution in [3.8, 4) is 34.1 Å². The van der Waals surface area contributed by atoms with E-state index in [9.17, 15) is 4.79 Å². The van der Waals surface area contributed by atoms with Gasteiger partial charge in [0.1, 0.15) is 0 Å². The Balaban J connectivity index is 1.63.